The van der Waals surface area contributed by atoms with E-state index >= 15 is 0 Å². The predicted octanol–water partition coefficient (Wildman–Crippen LogP) is 3.13. The van der Waals surface area contributed by atoms with Gasteiger partial charge in [-0.05, 0) is 58.7 Å². The minimum absolute atomic E-state index is 0.494. The molecular weight excluding hydrogens is 290 g/mol. The van der Waals surface area contributed by atoms with Crippen LogP contribution >= 0.6 is 0 Å². The van der Waals surface area contributed by atoms with Gasteiger partial charge in [0, 0.05) is 11.6 Å². The minimum Gasteiger partial charge on any atom is -0.339 e. The number of H-pyrrole nitrogens is 1. The van der Waals surface area contributed by atoms with Gasteiger partial charge in [-0.3, -0.25) is 10.00 Å². The zero-order chi connectivity index (χ0) is 16.2. The summed E-state index contributed by atoms with van der Waals surface area (Å²) in [5, 5.41) is 11.4. The molecule has 6 nitrogen and oxygen atoms in total. The molecule has 1 aliphatic rings. The van der Waals surface area contributed by atoms with Crippen LogP contribution in [0.3, 0.4) is 0 Å². The molecule has 0 spiro atoms. The number of nitrogens with one attached hydrogen (secondary N) is 1. The van der Waals surface area contributed by atoms with E-state index in [0.29, 0.717) is 5.92 Å². The first-order valence-electron chi connectivity index (χ1n) is 8.65. The smallest absolute Gasteiger partial charge is 0.229 e. The molecule has 1 aliphatic carbocycles. The molecule has 6 heteroatoms. The van der Waals surface area contributed by atoms with Crippen LogP contribution in [0.2, 0.25) is 0 Å². The van der Waals surface area contributed by atoms with Gasteiger partial charge in [0.2, 0.25) is 5.89 Å². The molecule has 0 atom stereocenters. The normalized spacial score (nSPS) is 15.8. The van der Waals surface area contributed by atoms with Crippen molar-refractivity contribution in [1.29, 1.82) is 0 Å². The molecule has 1 N–H and O–H groups in total. The van der Waals surface area contributed by atoms with Crippen molar-refractivity contribution in [2.45, 2.75) is 64.8 Å². The van der Waals surface area contributed by atoms with E-state index in [4.69, 9.17) is 4.52 Å². The van der Waals surface area contributed by atoms with E-state index in [1.807, 2.05) is 0 Å². The van der Waals surface area contributed by atoms with E-state index in [1.54, 1.807) is 0 Å². The van der Waals surface area contributed by atoms with Gasteiger partial charge in [-0.1, -0.05) is 18.0 Å². The average molecular weight is 317 g/mol. The van der Waals surface area contributed by atoms with Gasteiger partial charge in [-0.25, -0.2) is 0 Å². The van der Waals surface area contributed by atoms with E-state index in [9.17, 15) is 0 Å². The van der Waals surface area contributed by atoms with Crippen molar-refractivity contribution in [3.8, 4) is 0 Å². The number of hydrogen-bond acceptors (Lipinski definition) is 5. The number of aromatic amines is 1. The molecule has 0 bridgehead atoms. The molecule has 0 saturated heterocycles. The van der Waals surface area contributed by atoms with Crippen LogP contribution in [0.5, 0.6) is 0 Å². The maximum Gasteiger partial charge on any atom is 0.229 e. The summed E-state index contributed by atoms with van der Waals surface area (Å²) in [6.45, 7) is 5.91. The Morgan fingerprint density at radius 1 is 1.26 bits per heavy atom. The van der Waals surface area contributed by atoms with E-state index < -0.39 is 0 Å². The van der Waals surface area contributed by atoms with Gasteiger partial charge in [0.15, 0.2) is 5.82 Å². The number of nitrogens with zero attached hydrogens (tertiary/aromatic N) is 4. The molecule has 1 saturated carbocycles. The molecule has 2 heterocycles. The van der Waals surface area contributed by atoms with Crippen LogP contribution in [0.25, 0.3) is 0 Å². The summed E-state index contributed by atoms with van der Waals surface area (Å²) in [6, 6.07) is 0. The monoisotopic (exact) mass is 317 g/mol. The first-order valence-corrected chi connectivity index (χ1v) is 8.65. The fraction of sp³-hybridized carbons (Fsp3) is 0.706. The van der Waals surface area contributed by atoms with E-state index in [2.05, 4.69) is 46.1 Å². The molecule has 126 valence electrons. The van der Waals surface area contributed by atoms with Crippen molar-refractivity contribution >= 4 is 0 Å². The molecule has 0 aliphatic heterocycles. The lowest BCUT2D eigenvalue weighted by molar-refractivity contribution is 0.301. The summed E-state index contributed by atoms with van der Waals surface area (Å²) >= 11 is 0. The molecule has 2 aromatic heterocycles. The molecule has 2 aromatic rings. The van der Waals surface area contributed by atoms with E-state index in [-0.39, 0.29) is 0 Å². The standard InChI is InChI=1S/C17H27N5O/c1-12-15(13(2)20-19-12)9-6-10-22(3)11-16-18-17(23-21-16)14-7-4-5-8-14/h14H,4-11H2,1-3H3,(H,19,20). The van der Waals surface area contributed by atoms with Crippen LogP contribution in [-0.4, -0.2) is 38.8 Å². The largest absolute Gasteiger partial charge is 0.339 e. The van der Waals surface area contributed by atoms with E-state index in [1.165, 1.54) is 36.9 Å². The van der Waals surface area contributed by atoms with Gasteiger partial charge in [-0.2, -0.15) is 10.1 Å². The predicted molar refractivity (Wildman–Crippen MR) is 88.2 cm³/mol. The summed E-state index contributed by atoms with van der Waals surface area (Å²) in [4.78, 5) is 6.84. The van der Waals surface area contributed by atoms with Crippen molar-refractivity contribution in [2.75, 3.05) is 13.6 Å². The van der Waals surface area contributed by atoms with Gasteiger partial charge in [0.25, 0.3) is 0 Å². The Morgan fingerprint density at radius 3 is 2.74 bits per heavy atom. The lowest BCUT2D eigenvalue weighted by atomic mass is 10.1. The highest BCUT2D eigenvalue weighted by atomic mass is 16.5. The van der Waals surface area contributed by atoms with Gasteiger partial charge in [0.05, 0.1) is 12.2 Å². The summed E-state index contributed by atoms with van der Waals surface area (Å²) < 4.78 is 5.44. The van der Waals surface area contributed by atoms with E-state index in [0.717, 1.165) is 43.3 Å². The van der Waals surface area contributed by atoms with Gasteiger partial charge >= 0.3 is 0 Å². The zero-order valence-corrected chi connectivity index (χ0v) is 14.4. The molecule has 0 amide bonds. The second-order valence-electron chi connectivity index (χ2n) is 6.78. The number of aromatic nitrogens is 4. The molecule has 0 aromatic carbocycles. The Labute approximate surface area is 137 Å². The Bertz CT molecular complexity index is 607. The highest BCUT2D eigenvalue weighted by molar-refractivity contribution is 5.23. The van der Waals surface area contributed by atoms with Crippen LogP contribution in [0, 0.1) is 13.8 Å². The molecule has 3 rings (SSSR count). The lowest BCUT2D eigenvalue weighted by Crippen LogP contribution is -2.20. The zero-order valence-electron chi connectivity index (χ0n) is 14.4. The number of rotatable bonds is 7. The first kappa shape index (κ1) is 16.2. The molecule has 0 unspecified atom stereocenters. The summed E-state index contributed by atoms with van der Waals surface area (Å²) in [5.41, 5.74) is 3.65. The molecule has 23 heavy (non-hydrogen) atoms. The first-order chi connectivity index (χ1) is 11.1. The SMILES string of the molecule is Cc1n[nH]c(C)c1CCCN(C)Cc1noc(C2CCCC2)n1. The van der Waals surface area contributed by atoms with Gasteiger partial charge in [-0.15, -0.1) is 0 Å². The van der Waals surface area contributed by atoms with Crippen molar-refractivity contribution in [3.63, 3.8) is 0 Å². The highest BCUT2D eigenvalue weighted by Gasteiger charge is 2.23. The lowest BCUT2D eigenvalue weighted by Gasteiger charge is -2.14. The van der Waals surface area contributed by atoms with Crippen LogP contribution in [0.4, 0.5) is 0 Å². The molecular formula is C17H27N5O. The molecule has 1 fully saturated rings. The third-order valence-electron chi connectivity index (χ3n) is 4.85. The molecule has 0 radical (unpaired) electrons. The van der Waals surface area contributed by atoms with Crippen LogP contribution in [0.1, 0.15) is 66.7 Å². The van der Waals surface area contributed by atoms with Crippen LogP contribution in [0.15, 0.2) is 4.52 Å². The van der Waals surface area contributed by atoms with Crippen molar-refractivity contribution in [3.05, 3.63) is 28.7 Å². The summed E-state index contributed by atoms with van der Waals surface area (Å²) in [6.07, 6.45) is 7.12. The van der Waals surface area contributed by atoms with Crippen molar-refractivity contribution < 1.29 is 4.52 Å². The second-order valence-corrected chi connectivity index (χ2v) is 6.78. The third-order valence-corrected chi connectivity index (χ3v) is 4.85. The van der Waals surface area contributed by atoms with Crippen molar-refractivity contribution in [1.82, 2.24) is 25.2 Å². The third kappa shape index (κ3) is 3.99. The Kier molecular flexibility index (Phi) is 5.10. The minimum atomic E-state index is 0.494. The average Bonchev–Trinajstić information content (AvgIpc) is 3.24. The van der Waals surface area contributed by atoms with Gasteiger partial charge in [0.1, 0.15) is 0 Å². The highest BCUT2D eigenvalue weighted by Crippen LogP contribution is 2.32. The Morgan fingerprint density at radius 2 is 2.04 bits per heavy atom. The number of aryl methyl sites for hydroxylation is 2. The number of hydrogen-bond donors (Lipinski definition) is 1. The maximum absolute atomic E-state index is 5.44. The summed E-state index contributed by atoms with van der Waals surface area (Å²) in [5.74, 6) is 2.15. The topological polar surface area (TPSA) is 70.8 Å². The maximum atomic E-state index is 5.44. The van der Waals surface area contributed by atoms with Gasteiger partial charge < -0.3 is 4.52 Å². The quantitative estimate of drug-likeness (QED) is 0.849. The van der Waals surface area contributed by atoms with Crippen LogP contribution in [-0.2, 0) is 13.0 Å². The fourth-order valence-electron chi connectivity index (χ4n) is 3.46. The fourth-order valence-corrected chi connectivity index (χ4v) is 3.46. The summed E-state index contributed by atoms with van der Waals surface area (Å²) in [7, 11) is 2.11. The van der Waals surface area contributed by atoms with Crippen LogP contribution < -0.4 is 0 Å². The second kappa shape index (κ2) is 7.25. The Balaban J connectivity index is 1.45. The Hall–Kier alpha value is -1.69. The van der Waals surface area contributed by atoms with Crippen molar-refractivity contribution in [2.24, 2.45) is 0 Å².